The van der Waals surface area contributed by atoms with Gasteiger partial charge in [-0.1, -0.05) is 11.6 Å². The van der Waals surface area contributed by atoms with Crippen molar-refractivity contribution in [3.8, 4) is 0 Å². The van der Waals surface area contributed by atoms with Gasteiger partial charge in [-0.05, 0) is 24.3 Å². The Morgan fingerprint density at radius 3 is 2.50 bits per heavy atom. The number of carbonyl (C=O) groups is 1. The number of anilines is 1. The molecule has 0 aliphatic carbocycles. The van der Waals surface area contributed by atoms with Crippen molar-refractivity contribution in [3.05, 3.63) is 29.3 Å². The van der Waals surface area contributed by atoms with Crippen molar-refractivity contribution in [2.75, 3.05) is 11.1 Å². The molecule has 12 heavy (non-hydrogen) atoms. The van der Waals surface area contributed by atoms with Gasteiger partial charge in [0.1, 0.15) is 0 Å². The predicted octanol–water partition coefficient (Wildman–Crippen LogP) is 2.21. The highest BCUT2D eigenvalue weighted by atomic mass is 35.5. The lowest BCUT2D eigenvalue weighted by atomic mass is 10.3. The quantitative estimate of drug-likeness (QED) is 0.706. The molecule has 0 aliphatic heterocycles. The summed E-state index contributed by atoms with van der Waals surface area (Å²) in [6.07, 6.45) is 0. The van der Waals surface area contributed by atoms with Crippen LogP contribution in [0, 0.1) is 0 Å². The van der Waals surface area contributed by atoms with Crippen molar-refractivity contribution in [2.45, 2.75) is 0 Å². The molecule has 0 aromatic heterocycles. The van der Waals surface area contributed by atoms with Crippen molar-refractivity contribution < 1.29 is 4.79 Å². The smallest absolute Gasteiger partial charge is 0.234 e. The Bertz CT molecular complexity index is 273. The van der Waals surface area contributed by atoms with Crippen LogP contribution < -0.4 is 5.32 Å². The highest BCUT2D eigenvalue weighted by molar-refractivity contribution is 7.81. The largest absolute Gasteiger partial charge is 0.325 e. The van der Waals surface area contributed by atoms with E-state index in [9.17, 15) is 4.79 Å². The summed E-state index contributed by atoms with van der Waals surface area (Å²) < 4.78 is 0. The Morgan fingerprint density at radius 2 is 2.00 bits per heavy atom. The Kier molecular flexibility index (Phi) is 3.44. The lowest BCUT2D eigenvalue weighted by molar-refractivity contribution is -0.113. The van der Waals surface area contributed by atoms with Gasteiger partial charge in [-0.2, -0.15) is 12.6 Å². The zero-order chi connectivity index (χ0) is 8.97. The summed E-state index contributed by atoms with van der Waals surface area (Å²) in [5.41, 5.74) is 0.735. The number of benzene rings is 1. The van der Waals surface area contributed by atoms with E-state index in [0.717, 1.165) is 5.69 Å². The van der Waals surface area contributed by atoms with E-state index in [-0.39, 0.29) is 11.7 Å². The van der Waals surface area contributed by atoms with E-state index in [2.05, 4.69) is 17.9 Å². The number of carbonyl (C=O) groups excluding carboxylic acids is 1. The van der Waals surface area contributed by atoms with Crippen LogP contribution in [0.1, 0.15) is 0 Å². The van der Waals surface area contributed by atoms with Gasteiger partial charge < -0.3 is 5.32 Å². The van der Waals surface area contributed by atoms with Crippen LogP contribution in [0.3, 0.4) is 0 Å². The topological polar surface area (TPSA) is 29.1 Å². The lowest BCUT2D eigenvalue weighted by Crippen LogP contribution is -2.12. The molecular weight excluding hydrogens is 194 g/mol. The first-order valence-electron chi connectivity index (χ1n) is 3.38. The summed E-state index contributed by atoms with van der Waals surface area (Å²) in [4.78, 5) is 10.8. The summed E-state index contributed by atoms with van der Waals surface area (Å²) in [6, 6.07) is 6.92. The fourth-order valence-corrected chi connectivity index (χ4v) is 0.939. The van der Waals surface area contributed by atoms with Crippen LogP contribution in [-0.2, 0) is 4.79 Å². The summed E-state index contributed by atoms with van der Waals surface area (Å²) in [7, 11) is 0. The number of halogens is 1. The first-order valence-corrected chi connectivity index (χ1v) is 4.39. The van der Waals surface area contributed by atoms with Gasteiger partial charge in [0.05, 0.1) is 5.75 Å². The van der Waals surface area contributed by atoms with Gasteiger partial charge in [0.2, 0.25) is 5.91 Å². The minimum absolute atomic E-state index is 0.124. The van der Waals surface area contributed by atoms with Crippen molar-refractivity contribution in [1.29, 1.82) is 0 Å². The Hall–Kier alpha value is -0.670. The maximum absolute atomic E-state index is 10.8. The fourth-order valence-electron chi connectivity index (χ4n) is 0.734. The molecule has 2 nitrogen and oxygen atoms in total. The maximum Gasteiger partial charge on any atom is 0.234 e. The van der Waals surface area contributed by atoms with Crippen LogP contribution in [0.15, 0.2) is 24.3 Å². The van der Waals surface area contributed by atoms with E-state index in [1.807, 2.05) is 0 Å². The van der Waals surface area contributed by atoms with E-state index in [1.54, 1.807) is 24.3 Å². The normalized spacial score (nSPS) is 9.50. The van der Waals surface area contributed by atoms with Crippen LogP contribution in [-0.4, -0.2) is 11.7 Å². The second-order valence-electron chi connectivity index (χ2n) is 2.21. The highest BCUT2D eigenvalue weighted by Crippen LogP contribution is 2.13. The summed E-state index contributed by atoms with van der Waals surface area (Å²) in [6.45, 7) is 0. The highest BCUT2D eigenvalue weighted by Gasteiger charge is 1.97. The molecule has 0 fully saturated rings. The van der Waals surface area contributed by atoms with Crippen molar-refractivity contribution >= 4 is 35.8 Å². The number of amides is 1. The average molecular weight is 202 g/mol. The molecule has 1 aromatic rings. The summed E-state index contributed by atoms with van der Waals surface area (Å²) in [5, 5.41) is 3.30. The maximum atomic E-state index is 10.8. The number of rotatable bonds is 2. The van der Waals surface area contributed by atoms with Crippen LogP contribution in [0.2, 0.25) is 5.02 Å². The molecule has 4 heteroatoms. The van der Waals surface area contributed by atoms with Crippen molar-refractivity contribution in [1.82, 2.24) is 0 Å². The molecule has 0 spiro atoms. The fraction of sp³-hybridized carbons (Fsp3) is 0.125. The third-order valence-corrected chi connectivity index (χ3v) is 1.81. The standard InChI is InChI=1S/C8H8ClNOS/c9-6-1-3-7(4-2-6)10-8(11)5-12/h1-4,12H,5H2,(H,10,11). The molecule has 0 atom stereocenters. The molecule has 1 aromatic carbocycles. The van der Waals surface area contributed by atoms with Crippen molar-refractivity contribution in [3.63, 3.8) is 0 Å². The van der Waals surface area contributed by atoms with Gasteiger partial charge in [0.15, 0.2) is 0 Å². The molecule has 0 bridgehead atoms. The second-order valence-corrected chi connectivity index (χ2v) is 2.97. The predicted molar refractivity (Wildman–Crippen MR) is 53.9 cm³/mol. The lowest BCUT2D eigenvalue weighted by Gasteiger charge is -2.01. The molecule has 1 rings (SSSR count). The average Bonchev–Trinajstić information content (AvgIpc) is 2.09. The molecule has 0 radical (unpaired) electrons. The van der Waals surface area contributed by atoms with Crippen LogP contribution in [0.25, 0.3) is 0 Å². The van der Waals surface area contributed by atoms with Gasteiger partial charge in [-0.15, -0.1) is 0 Å². The first-order chi connectivity index (χ1) is 5.72. The molecule has 1 N–H and O–H groups in total. The van der Waals surface area contributed by atoms with Gasteiger partial charge >= 0.3 is 0 Å². The van der Waals surface area contributed by atoms with Crippen LogP contribution in [0.4, 0.5) is 5.69 Å². The van der Waals surface area contributed by atoms with E-state index >= 15 is 0 Å². The molecule has 1 amide bonds. The summed E-state index contributed by atoms with van der Waals surface area (Å²) >= 11 is 9.48. The molecular formula is C8H8ClNOS. The molecule has 0 aliphatic rings. The number of thiol groups is 1. The Labute approximate surface area is 81.3 Å². The number of hydrogen-bond acceptors (Lipinski definition) is 2. The Balaban J connectivity index is 2.64. The zero-order valence-electron chi connectivity index (χ0n) is 6.25. The van der Waals surface area contributed by atoms with Crippen LogP contribution in [0.5, 0.6) is 0 Å². The molecule has 0 saturated heterocycles. The minimum Gasteiger partial charge on any atom is -0.325 e. The van der Waals surface area contributed by atoms with Gasteiger partial charge in [-0.25, -0.2) is 0 Å². The SMILES string of the molecule is O=C(CS)Nc1ccc(Cl)cc1. The van der Waals surface area contributed by atoms with Crippen LogP contribution >= 0.6 is 24.2 Å². The number of nitrogens with one attached hydrogen (secondary N) is 1. The molecule has 0 saturated carbocycles. The van der Waals surface area contributed by atoms with E-state index in [4.69, 9.17) is 11.6 Å². The second kappa shape index (κ2) is 4.38. The third kappa shape index (κ3) is 2.75. The number of hydrogen-bond donors (Lipinski definition) is 2. The third-order valence-electron chi connectivity index (χ3n) is 1.27. The van der Waals surface area contributed by atoms with E-state index < -0.39 is 0 Å². The van der Waals surface area contributed by atoms with Gasteiger partial charge in [-0.3, -0.25) is 4.79 Å². The van der Waals surface area contributed by atoms with Crippen molar-refractivity contribution in [2.24, 2.45) is 0 Å². The first kappa shape index (κ1) is 9.42. The van der Waals surface area contributed by atoms with Gasteiger partial charge in [0, 0.05) is 10.7 Å². The Morgan fingerprint density at radius 1 is 1.42 bits per heavy atom. The summed E-state index contributed by atoms with van der Waals surface area (Å²) in [5.74, 6) is 0.0588. The van der Waals surface area contributed by atoms with E-state index in [0.29, 0.717) is 5.02 Å². The molecule has 64 valence electrons. The monoisotopic (exact) mass is 201 g/mol. The van der Waals surface area contributed by atoms with E-state index in [1.165, 1.54) is 0 Å². The molecule has 0 unspecified atom stereocenters. The van der Waals surface area contributed by atoms with Gasteiger partial charge in [0.25, 0.3) is 0 Å². The zero-order valence-corrected chi connectivity index (χ0v) is 7.90. The minimum atomic E-state index is -0.124. The molecule has 0 heterocycles.